The van der Waals surface area contributed by atoms with Gasteiger partial charge >= 0.3 is 0 Å². The minimum absolute atomic E-state index is 0.221. The molecule has 3 heteroatoms. The molecule has 0 bridgehead atoms. The van der Waals surface area contributed by atoms with E-state index in [1.165, 1.54) is 11.0 Å². The maximum absolute atomic E-state index is 13.7. The van der Waals surface area contributed by atoms with Crippen molar-refractivity contribution in [1.29, 1.82) is 0 Å². The van der Waals surface area contributed by atoms with Gasteiger partial charge in [-0.25, -0.2) is 4.39 Å². The van der Waals surface area contributed by atoms with Gasteiger partial charge in [-0.1, -0.05) is 18.2 Å². The summed E-state index contributed by atoms with van der Waals surface area (Å²) in [7, 11) is 1.70. The number of carbonyl (C=O) groups is 1. The molecule has 0 radical (unpaired) electrons. The summed E-state index contributed by atoms with van der Waals surface area (Å²) in [6, 6.07) is 8.86. The third kappa shape index (κ3) is 2.28. The molecule has 0 aliphatic heterocycles. The maximum atomic E-state index is 13.7. The van der Waals surface area contributed by atoms with E-state index in [1.54, 1.807) is 19.2 Å². The van der Waals surface area contributed by atoms with E-state index in [0.717, 1.165) is 22.9 Å². The summed E-state index contributed by atoms with van der Waals surface area (Å²) in [5.74, 6) is -0.221. The molecule has 0 saturated carbocycles. The molecule has 2 nitrogen and oxygen atoms in total. The van der Waals surface area contributed by atoms with Gasteiger partial charge in [0.15, 0.2) is 0 Å². The number of halogens is 1. The molecule has 0 saturated heterocycles. The highest BCUT2D eigenvalue weighted by atomic mass is 19.1. The lowest BCUT2D eigenvalue weighted by Gasteiger charge is -2.13. The number of fused-ring (bicyclic) bond motifs is 1. The van der Waals surface area contributed by atoms with E-state index < -0.39 is 0 Å². The van der Waals surface area contributed by atoms with Crippen molar-refractivity contribution in [1.82, 2.24) is 4.90 Å². The standard InChI is InChI=1S/C14H14FNO/c1-10-6-11(8-16(2)9-17)7-13-12(10)4-3-5-14(13)15/h3-7,9H,8H2,1-2H3. The predicted octanol–water partition coefficient (Wildman–Crippen LogP) is 2.88. The van der Waals surface area contributed by atoms with Gasteiger partial charge in [0.1, 0.15) is 5.82 Å². The molecule has 0 aromatic heterocycles. The molecule has 0 unspecified atom stereocenters. The number of aryl methyl sites for hydroxylation is 1. The average molecular weight is 231 g/mol. The van der Waals surface area contributed by atoms with Gasteiger partial charge in [-0.05, 0) is 35.6 Å². The van der Waals surface area contributed by atoms with Crippen molar-refractivity contribution in [3.05, 3.63) is 47.3 Å². The van der Waals surface area contributed by atoms with Gasteiger partial charge in [0.05, 0.1) is 0 Å². The quantitative estimate of drug-likeness (QED) is 0.744. The third-order valence-corrected chi connectivity index (χ3v) is 2.82. The van der Waals surface area contributed by atoms with Crippen LogP contribution in [0.15, 0.2) is 30.3 Å². The molecule has 2 aromatic rings. The molecule has 0 N–H and O–H groups in total. The Kier molecular flexibility index (Phi) is 3.09. The zero-order valence-corrected chi connectivity index (χ0v) is 9.90. The van der Waals surface area contributed by atoms with Crippen LogP contribution in [0.1, 0.15) is 11.1 Å². The number of hydrogen-bond acceptors (Lipinski definition) is 1. The van der Waals surface area contributed by atoms with Gasteiger partial charge in [-0.15, -0.1) is 0 Å². The first-order valence-corrected chi connectivity index (χ1v) is 5.45. The van der Waals surface area contributed by atoms with Crippen molar-refractivity contribution < 1.29 is 9.18 Å². The highest BCUT2D eigenvalue weighted by Crippen LogP contribution is 2.23. The fraction of sp³-hybridized carbons (Fsp3) is 0.214. The zero-order chi connectivity index (χ0) is 12.4. The van der Waals surface area contributed by atoms with Crippen molar-refractivity contribution in [3.8, 4) is 0 Å². The van der Waals surface area contributed by atoms with Crippen LogP contribution < -0.4 is 0 Å². The lowest BCUT2D eigenvalue weighted by atomic mass is 10.0. The molecule has 88 valence electrons. The van der Waals surface area contributed by atoms with Crippen molar-refractivity contribution in [2.45, 2.75) is 13.5 Å². The van der Waals surface area contributed by atoms with Gasteiger partial charge in [0.2, 0.25) is 6.41 Å². The van der Waals surface area contributed by atoms with Crippen molar-refractivity contribution in [3.63, 3.8) is 0 Å². The van der Waals surface area contributed by atoms with Crippen LogP contribution in [-0.2, 0) is 11.3 Å². The number of rotatable bonds is 3. The van der Waals surface area contributed by atoms with Crippen LogP contribution >= 0.6 is 0 Å². The van der Waals surface area contributed by atoms with Crippen molar-refractivity contribution in [2.75, 3.05) is 7.05 Å². The Labute approximate surface area is 99.7 Å². The average Bonchev–Trinajstić information content (AvgIpc) is 2.30. The van der Waals surface area contributed by atoms with E-state index >= 15 is 0 Å². The largest absolute Gasteiger partial charge is 0.344 e. The van der Waals surface area contributed by atoms with E-state index in [0.29, 0.717) is 11.9 Å². The normalized spacial score (nSPS) is 10.5. The summed E-state index contributed by atoms with van der Waals surface area (Å²) in [6.07, 6.45) is 0.765. The smallest absolute Gasteiger partial charge is 0.209 e. The van der Waals surface area contributed by atoms with E-state index in [1.807, 2.05) is 19.1 Å². The number of nitrogens with zero attached hydrogens (tertiary/aromatic N) is 1. The van der Waals surface area contributed by atoms with Gasteiger partial charge < -0.3 is 4.90 Å². The molecule has 0 atom stereocenters. The second kappa shape index (κ2) is 4.53. The second-order valence-corrected chi connectivity index (χ2v) is 4.27. The highest BCUT2D eigenvalue weighted by molar-refractivity contribution is 5.86. The highest BCUT2D eigenvalue weighted by Gasteiger charge is 2.06. The van der Waals surface area contributed by atoms with Crippen molar-refractivity contribution in [2.24, 2.45) is 0 Å². The maximum Gasteiger partial charge on any atom is 0.209 e. The summed E-state index contributed by atoms with van der Waals surface area (Å²) in [5, 5.41) is 1.53. The molecule has 2 aromatic carbocycles. The Balaban J connectivity index is 2.54. The Hall–Kier alpha value is -1.90. The summed E-state index contributed by atoms with van der Waals surface area (Å²) in [4.78, 5) is 12.1. The summed E-state index contributed by atoms with van der Waals surface area (Å²) >= 11 is 0. The van der Waals surface area contributed by atoms with Crippen LogP contribution in [0, 0.1) is 12.7 Å². The second-order valence-electron chi connectivity index (χ2n) is 4.27. The van der Waals surface area contributed by atoms with E-state index in [4.69, 9.17) is 0 Å². The monoisotopic (exact) mass is 231 g/mol. The van der Waals surface area contributed by atoms with Crippen LogP contribution in [0.3, 0.4) is 0 Å². The van der Waals surface area contributed by atoms with E-state index in [-0.39, 0.29) is 5.82 Å². The molecule has 0 heterocycles. The Morgan fingerprint density at radius 3 is 2.76 bits per heavy atom. The number of benzene rings is 2. The Bertz CT molecular complexity index is 565. The fourth-order valence-electron chi connectivity index (χ4n) is 2.03. The van der Waals surface area contributed by atoms with Crippen molar-refractivity contribution >= 4 is 17.2 Å². The first-order chi connectivity index (χ1) is 8.11. The van der Waals surface area contributed by atoms with Crippen LogP contribution in [0.5, 0.6) is 0 Å². The Morgan fingerprint density at radius 2 is 2.06 bits per heavy atom. The molecule has 2 rings (SSSR count). The van der Waals surface area contributed by atoms with Gasteiger partial charge in [-0.3, -0.25) is 4.79 Å². The number of amides is 1. The lowest BCUT2D eigenvalue weighted by Crippen LogP contribution is -2.15. The van der Waals surface area contributed by atoms with E-state index in [2.05, 4.69) is 0 Å². The summed E-state index contributed by atoms with van der Waals surface area (Å²) < 4.78 is 13.7. The van der Waals surface area contributed by atoms with Crippen LogP contribution in [0.2, 0.25) is 0 Å². The molecular formula is C14H14FNO. The third-order valence-electron chi connectivity index (χ3n) is 2.82. The summed E-state index contributed by atoms with van der Waals surface area (Å²) in [5.41, 5.74) is 1.96. The molecule has 17 heavy (non-hydrogen) atoms. The molecule has 1 amide bonds. The lowest BCUT2D eigenvalue weighted by molar-refractivity contribution is -0.117. The zero-order valence-electron chi connectivity index (χ0n) is 9.90. The topological polar surface area (TPSA) is 20.3 Å². The van der Waals surface area contributed by atoms with Crippen LogP contribution in [0.4, 0.5) is 4.39 Å². The first kappa shape index (κ1) is 11.6. The minimum Gasteiger partial charge on any atom is -0.344 e. The summed E-state index contributed by atoms with van der Waals surface area (Å²) in [6.45, 7) is 2.45. The molecule has 0 fully saturated rings. The number of hydrogen-bond donors (Lipinski definition) is 0. The first-order valence-electron chi connectivity index (χ1n) is 5.45. The molecular weight excluding hydrogens is 217 g/mol. The van der Waals surface area contributed by atoms with Gasteiger partial charge in [0.25, 0.3) is 0 Å². The predicted molar refractivity (Wildman–Crippen MR) is 66.2 cm³/mol. The molecule has 0 spiro atoms. The van der Waals surface area contributed by atoms with E-state index in [9.17, 15) is 9.18 Å². The van der Waals surface area contributed by atoms with Crippen LogP contribution in [0.25, 0.3) is 10.8 Å². The molecule has 0 aliphatic carbocycles. The SMILES string of the molecule is Cc1cc(CN(C)C=O)cc2c(F)cccc12. The van der Waals surface area contributed by atoms with Gasteiger partial charge in [0, 0.05) is 19.0 Å². The molecule has 0 aliphatic rings. The number of carbonyl (C=O) groups excluding carboxylic acids is 1. The minimum atomic E-state index is -0.221. The van der Waals surface area contributed by atoms with Crippen LogP contribution in [-0.4, -0.2) is 18.4 Å². The van der Waals surface area contributed by atoms with Gasteiger partial charge in [-0.2, -0.15) is 0 Å². The fourth-order valence-corrected chi connectivity index (χ4v) is 2.03. The Morgan fingerprint density at radius 1 is 1.29 bits per heavy atom.